The van der Waals surface area contributed by atoms with E-state index in [2.05, 4.69) is 27.2 Å². The molecule has 8 nitrogen and oxygen atoms in total. The van der Waals surface area contributed by atoms with Gasteiger partial charge in [-0.05, 0) is 74.9 Å². The molecular formula is C29H30Cl2FN5O3. The molecule has 2 saturated heterocycles. The maximum atomic E-state index is 14.8. The predicted octanol–water partition coefficient (Wildman–Crippen LogP) is 5.75. The Morgan fingerprint density at radius 3 is 2.50 bits per heavy atom. The number of benzene rings is 2. The summed E-state index contributed by atoms with van der Waals surface area (Å²) in [7, 11) is 0. The highest BCUT2D eigenvalue weighted by Gasteiger charge is 2.43. The van der Waals surface area contributed by atoms with E-state index >= 15 is 0 Å². The molecule has 3 aliphatic rings. The van der Waals surface area contributed by atoms with E-state index in [1.54, 1.807) is 0 Å². The van der Waals surface area contributed by atoms with Gasteiger partial charge in [-0.25, -0.2) is 14.4 Å². The van der Waals surface area contributed by atoms with Crippen molar-refractivity contribution in [3.63, 3.8) is 0 Å². The lowest BCUT2D eigenvalue weighted by atomic mass is 10.0. The maximum Gasteiger partial charge on any atom is 0.245 e. The largest absolute Gasteiger partial charge is 0.486 e. The van der Waals surface area contributed by atoms with Crippen LogP contribution in [0.5, 0.6) is 11.5 Å². The van der Waals surface area contributed by atoms with E-state index in [9.17, 15) is 9.18 Å². The minimum atomic E-state index is -0.662. The van der Waals surface area contributed by atoms with Gasteiger partial charge in [-0.1, -0.05) is 29.8 Å². The number of nitrogens with zero attached hydrogens (tertiary/aromatic N) is 3. The first kappa shape index (κ1) is 27.1. The van der Waals surface area contributed by atoms with Crippen molar-refractivity contribution in [1.82, 2.24) is 20.2 Å². The standard InChI is InChI=1S/C29H30Cl2FN5O3/c1-2-26(38)37-13-16-9-19(10-17(16)14-37)40-24-11-20-23(12-25(24)39-18-5-7-33-8-6-18)34-15-35-29(20)36-22-4-3-21(30)27(31)28(22)32/h2-4,11-12,15-19,33H,1,5-10,13-14H2,(H,34,35,36)/t16-,17+,19?. The van der Waals surface area contributed by atoms with E-state index in [1.165, 1.54) is 24.5 Å². The number of amides is 1. The van der Waals surface area contributed by atoms with E-state index in [-0.39, 0.29) is 33.8 Å². The van der Waals surface area contributed by atoms with Crippen molar-refractivity contribution in [3.8, 4) is 11.5 Å². The number of fused-ring (bicyclic) bond motifs is 2. The van der Waals surface area contributed by atoms with Crippen LogP contribution in [0, 0.1) is 17.7 Å². The molecule has 3 aromatic rings. The van der Waals surface area contributed by atoms with E-state index in [0.29, 0.717) is 40.1 Å². The van der Waals surface area contributed by atoms with Crippen LogP contribution in [0.2, 0.25) is 10.0 Å². The zero-order chi connectivity index (χ0) is 27.8. The lowest BCUT2D eigenvalue weighted by Gasteiger charge is -2.26. The number of carbonyl (C=O) groups is 1. The van der Waals surface area contributed by atoms with Crippen molar-refractivity contribution < 1.29 is 18.7 Å². The molecule has 3 atom stereocenters. The van der Waals surface area contributed by atoms with Crippen LogP contribution in [0.4, 0.5) is 15.9 Å². The Balaban J connectivity index is 1.30. The maximum absolute atomic E-state index is 14.8. The molecule has 3 heterocycles. The second-order valence-electron chi connectivity index (χ2n) is 10.6. The molecule has 1 aliphatic carbocycles. The highest BCUT2D eigenvalue weighted by atomic mass is 35.5. The van der Waals surface area contributed by atoms with Gasteiger partial charge in [-0.2, -0.15) is 0 Å². The monoisotopic (exact) mass is 585 g/mol. The fraction of sp³-hybridized carbons (Fsp3) is 0.414. The number of ether oxygens (including phenoxy) is 2. The van der Waals surface area contributed by atoms with Crippen molar-refractivity contribution in [2.24, 2.45) is 11.8 Å². The average Bonchev–Trinajstić information content (AvgIpc) is 3.53. The van der Waals surface area contributed by atoms with Crippen LogP contribution in [0.15, 0.2) is 43.2 Å². The van der Waals surface area contributed by atoms with Gasteiger partial charge in [-0.15, -0.1) is 0 Å². The molecule has 0 radical (unpaired) electrons. The number of nitrogens with one attached hydrogen (secondary N) is 2. The molecule has 2 aromatic carbocycles. The fourth-order valence-corrected chi connectivity index (χ4v) is 6.33. The van der Waals surface area contributed by atoms with Gasteiger partial charge >= 0.3 is 0 Å². The molecule has 11 heteroatoms. The lowest BCUT2D eigenvalue weighted by molar-refractivity contribution is -0.125. The molecule has 1 aromatic heterocycles. The van der Waals surface area contributed by atoms with Crippen molar-refractivity contribution in [2.75, 3.05) is 31.5 Å². The SMILES string of the molecule is C=CC(=O)N1C[C@H]2CC(Oc3cc4c(Nc5ccc(Cl)c(Cl)c5F)ncnc4cc3OC3CCNCC3)C[C@H]2C1. The smallest absolute Gasteiger partial charge is 0.245 e. The average molecular weight is 586 g/mol. The molecular weight excluding hydrogens is 556 g/mol. The van der Waals surface area contributed by atoms with E-state index < -0.39 is 5.82 Å². The first-order valence-electron chi connectivity index (χ1n) is 13.5. The highest BCUT2D eigenvalue weighted by Crippen LogP contribution is 2.43. The summed E-state index contributed by atoms with van der Waals surface area (Å²) in [5, 5.41) is 7.03. The Bertz CT molecular complexity index is 1440. The number of carbonyl (C=O) groups excluding carboxylic acids is 1. The molecule has 1 unspecified atom stereocenters. The Morgan fingerprint density at radius 2 is 1.77 bits per heavy atom. The summed E-state index contributed by atoms with van der Waals surface area (Å²) in [6.45, 7) is 6.86. The van der Waals surface area contributed by atoms with Gasteiger partial charge in [0.2, 0.25) is 5.91 Å². The normalized spacial score (nSPS) is 22.8. The first-order chi connectivity index (χ1) is 19.4. The number of piperidine rings is 1. The summed E-state index contributed by atoms with van der Waals surface area (Å²) in [6, 6.07) is 6.77. The van der Waals surface area contributed by atoms with Gasteiger partial charge in [0, 0.05) is 24.5 Å². The van der Waals surface area contributed by atoms with E-state index in [0.717, 1.165) is 51.9 Å². The Hall–Kier alpha value is -3.14. The molecule has 0 spiro atoms. The number of likely N-dealkylation sites (tertiary alicyclic amines) is 1. The second kappa shape index (κ2) is 11.4. The summed E-state index contributed by atoms with van der Waals surface area (Å²) in [6.07, 6.45) is 6.33. The minimum Gasteiger partial charge on any atom is -0.486 e. The zero-order valence-corrected chi connectivity index (χ0v) is 23.3. The van der Waals surface area contributed by atoms with Gasteiger partial charge in [0.15, 0.2) is 17.3 Å². The fourth-order valence-electron chi connectivity index (χ4n) is 6.02. The topological polar surface area (TPSA) is 88.6 Å². The Kier molecular flexibility index (Phi) is 7.70. The molecule has 1 saturated carbocycles. The quantitative estimate of drug-likeness (QED) is 0.269. The molecule has 2 N–H and O–H groups in total. The number of anilines is 2. The third kappa shape index (κ3) is 5.42. The predicted molar refractivity (Wildman–Crippen MR) is 153 cm³/mol. The van der Waals surface area contributed by atoms with Crippen LogP contribution in [0.3, 0.4) is 0 Å². The highest BCUT2D eigenvalue weighted by molar-refractivity contribution is 6.42. The van der Waals surface area contributed by atoms with Crippen LogP contribution < -0.4 is 20.1 Å². The van der Waals surface area contributed by atoms with Gasteiger partial charge in [-0.3, -0.25) is 4.79 Å². The molecule has 6 rings (SSSR count). The molecule has 0 bridgehead atoms. The number of aromatic nitrogens is 2. The summed E-state index contributed by atoms with van der Waals surface area (Å²) < 4.78 is 27.9. The Morgan fingerprint density at radius 1 is 1.07 bits per heavy atom. The zero-order valence-electron chi connectivity index (χ0n) is 21.8. The summed E-state index contributed by atoms with van der Waals surface area (Å²) in [4.78, 5) is 22.8. The van der Waals surface area contributed by atoms with Crippen LogP contribution in [0.1, 0.15) is 25.7 Å². The first-order valence-corrected chi connectivity index (χ1v) is 14.3. The summed E-state index contributed by atoms with van der Waals surface area (Å²) in [5.41, 5.74) is 0.783. The minimum absolute atomic E-state index is 0.0162. The van der Waals surface area contributed by atoms with E-state index in [4.69, 9.17) is 32.7 Å². The van der Waals surface area contributed by atoms with Gasteiger partial charge in [0.25, 0.3) is 0 Å². The van der Waals surface area contributed by atoms with Crippen LogP contribution in [-0.4, -0.2) is 59.2 Å². The van der Waals surface area contributed by atoms with Crippen LogP contribution >= 0.6 is 23.2 Å². The van der Waals surface area contributed by atoms with Gasteiger partial charge in [0.1, 0.15) is 18.2 Å². The number of hydrogen-bond donors (Lipinski definition) is 2. The second-order valence-corrected chi connectivity index (χ2v) is 11.4. The van der Waals surface area contributed by atoms with Crippen molar-refractivity contribution >= 4 is 51.5 Å². The Labute approximate surface area is 241 Å². The van der Waals surface area contributed by atoms with Crippen molar-refractivity contribution in [1.29, 1.82) is 0 Å². The van der Waals surface area contributed by atoms with Gasteiger partial charge in [0.05, 0.1) is 27.4 Å². The van der Waals surface area contributed by atoms with Crippen molar-refractivity contribution in [3.05, 3.63) is 59.1 Å². The number of halogens is 3. The van der Waals surface area contributed by atoms with Gasteiger partial charge < -0.3 is 25.0 Å². The molecule has 210 valence electrons. The van der Waals surface area contributed by atoms with Crippen LogP contribution in [0.25, 0.3) is 10.9 Å². The van der Waals surface area contributed by atoms with Crippen molar-refractivity contribution in [2.45, 2.75) is 37.9 Å². The lowest BCUT2D eigenvalue weighted by Crippen LogP contribution is -2.34. The number of hydrogen-bond acceptors (Lipinski definition) is 7. The summed E-state index contributed by atoms with van der Waals surface area (Å²) >= 11 is 12.0. The summed E-state index contributed by atoms with van der Waals surface area (Å²) in [5.74, 6) is 1.74. The van der Waals surface area contributed by atoms with Crippen LogP contribution in [-0.2, 0) is 4.79 Å². The molecule has 1 amide bonds. The number of rotatable bonds is 7. The molecule has 3 fully saturated rings. The molecule has 40 heavy (non-hydrogen) atoms. The third-order valence-corrected chi connectivity index (χ3v) is 8.84. The molecule has 2 aliphatic heterocycles. The van der Waals surface area contributed by atoms with E-state index in [1.807, 2.05) is 17.0 Å². The third-order valence-electron chi connectivity index (χ3n) is 8.06.